The standard InChI is InChI=1S/C17H21BrN2O3/c1-17-6-4-3-5-11(17)14(17)16(22)20-19-9-10-7-12(18)15(21)13(8-10)23-2/h7-9,11,14,21H,3-6H2,1-2H3,(H,20,22)/b19-9+/t11-,14-,17-/m0/s1. The molecule has 0 spiro atoms. The maximum Gasteiger partial charge on any atom is 0.244 e. The smallest absolute Gasteiger partial charge is 0.244 e. The number of carbonyl (C=O) groups is 1. The van der Waals surface area contributed by atoms with E-state index in [0.29, 0.717) is 16.1 Å². The first-order valence-corrected chi connectivity index (χ1v) is 8.66. The number of hydrazone groups is 1. The summed E-state index contributed by atoms with van der Waals surface area (Å²) in [5, 5.41) is 13.8. The zero-order chi connectivity index (χ0) is 16.6. The lowest BCUT2D eigenvalue weighted by molar-refractivity contribution is -0.123. The molecule has 0 saturated heterocycles. The van der Waals surface area contributed by atoms with Gasteiger partial charge in [0.05, 0.1) is 17.8 Å². The summed E-state index contributed by atoms with van der Waals surface area (Å²) >= 11 is 3.26. The zero-order valence-electron chi connectivity index (χ0n) is 13.3. The second-order valence-corrected chi connectivity index (χ2v) is 7.48. The van der Waals surface area contributed by atoms with Crippen LogP contribution in [-0.4, -0.2) is 24.3 Å². The van der Waals surface area contributed by atoms with E-state index >= 15 is 0 Å². The number of halogens is 1. The molecule has 0 bridgehead atoms. The number of phenols is 1. The maximum absolute atomic E-state index is 12.3. The molecular weight excluding hydrogens is 360 g/mol. The summed E-state index contributed by atoms with van der Waals surface area (Å²) in [7, 11) is 1.49. The molecule has 2 saturated carbocycles. The van der Waals surface area contributed by atoms with Gasteiger partial charge in [0, 0.05) is 5.92 Å². The highest BCUT2D eigenvalue weighted by atomic mass is 79.9. The van der Waals surface area contributed by atoms with Crippen molar-refractivity contribution < 1.29 is 14.6 Å². The molecular formula is C17H21BrN2O3. The van der Waals surface area contributed by atoms with Gasteiger partial charge in [0.15, 0.2) is 11.5 Å². The van der Waals surface area contributed by atoms with E-state index in [1.807, 2.05) is 0 Å². The molecule has 124 valence electrons. The van der Waals surface area contributed by atoms with Crippen LogP contribution in [0.3, 0.4) is 0 Å². The van der Waals surface area contributed by atoms with Crippen LogP contribution >= 0.6 is 15.9 Å². The number of nitrogens with zero attached hydrogens (tertiary/aromatic N) is 1. The molecule has 0 aromatic heterocycles. The van der Waals surface area contributed by atoms with Crippen LogP contribution in [-0.2, 0) is 4.79 Å². The number of methoxy groups -OCH3 is 1. The Balaban J connectivity index is 1.63. The van der Waals surface area contributed by atoms with Gasteiger partial charge in [0.2, 0.25) is 5.91 Å². The fourth-order valence-corrected chi connectivity index (χ4v) is 4.37. The summed E-state index contributed by atoms with van der Waals surface area (Å²) in [6.45, 7) is 2.22. The Labute approximate surface area is 144 Å². The Morgan fingerprint density at radius 1 is 1.52 bits per heavy atom. The molecule has 2 aliphatic rings. The molecule has 5 nitrogen and oxygen atoms in total. The number of fused-ring (bicyclic) bond motifs is 1. The number of hydrogen-bond acceptors (Lipinski definition) is 4. The van der Waals surface area contributed by atoms with Crippen LogP contribution in [0.4, 0.5) is 0 Å². The molecule has 0 unspecified atom stereocenters. The molecule has 23 heavy (non-hydrogen) atoms. The monoisotopic (exact) mass is 380 g/mol. The van der Waals surface area contributed by atoms with Crippen molar-refractivity contribution in [2.45, 2.75) is 32.6 Å². The molecule has 2 fully saturated rings. The highest BCUT2D eigenvalue weighted by molar-refractivity contribution is 9.10. The van der Waals surface area contributed by atoms with E-state index in [1.54, 1.807) is 18.3 Å². The average Bonchev–Trinajstić information content (AvgIpc) is 3.16. The van der Waals surface area contributed by atoms with Gasteiger partial charge in [-0.25, -0.2) is 5.43 Å². The maximum atomic E-state index is 12.3. The fourth-order valence-electron chi connectivity index (χ4n) is 3.91. The Kier molecular flexibility index (Phi) is 4.36. The number of hydrogen-bond donors (Lipinski definition) is 2. The number of benzene rings is 1. The number of carbonyl (C=O) groups excluding carboxylic acids is 1. The molecule has 1 amide bonds. The third kappa shape index (κ3) is 2.96. The summed E-state index contributed by atoms with van der Waals surface area (Å²) in [5.74, 6) is 1.04. The minimum absolute atomic E-state index is 0.0143. The van der Waals surface area contributed by atoms with E-state index in [2.05, 4.69) is 33.4 Å². The Hall–Kier alpha value is -1.56. The van der Waals surface area contributed by atoms with Gasteiger partial charge in [-0.05, 0) is 57.8 Å². The Morgan fingerprint density at radius 3 is 2.96 bits per heavy atom. The molecule has 3 rings (SSSR count). The van der Waals surface area contributed by atoms with Gasteiger partial charge in [-0.15, -0.1) is 0 Å². The van der Waals surface area contributed by atoms with Crippen LogP contribution in [0.5, 0.6) is 11.5 Å². The molecule has 2 aliphatic carbocycles. The van der Waals surface area contributed by atoms with Gasteiger partial charge in [0.25, 0.3) is 0 Å². The quantitative estimate of drug-likeness (QED) is 0.620. The van der Waals surface area contributed by atoms with E-state index < -0.39 is 0 Å². The molecule has 3 atom stereocenters. The van der Waals surface area contributed by atoms with Crippen molar-refractivity contribution in [3.63, 3.8) is 0 Å². The van der Waals surface area contributed by atoms with Gasteiger partial charge in [-0.3, -0.25) is 4.79 Å². The SMILES string of the molecule is COc1cc(/C=N/NC(=O)[C@@H]2[C@@H]3CCCC[C@]23C)cc(Br)c1O. The van der Waals surface area contributed by atoms with Gasteiger partial charge < -0.3 is 9.84 Å². The highest BCUT2D eigenvalue weighted by Crippen LogP contribution is 2.66. The van der Waals surface area contributed by atoms with Gasteiger partial charge >= 0.3 is 0 Å². The lowest BCUT2D eigenvalue weighted by Gasteiger charge is -2.15. The Bertz CT molecular complexity index is 661. The second-order valence-electron chi connectivity index (χ2n) is 6.62. The molecule has 1 aromatic carbocycles. The molecule has 0 aliphatic heterocycles. The minimum atomic E-state index is 0.0143. The fraction of sp³-hybridized carbons (Fsp3) is 0.529. The average molecular weight is 381 g/mol. The van der Waals surface area contributed by atoms with Crippen molar-refractivity contribution in [1.82, 2.24) is 5.43 Å². The predicted molar refractivity (Wildman–Crippen MR) is 91.7 cm³/mol. The number of amides is 1. The van der Waals surface area contributed by atoms with Crippen molar-refractivity contribution >= 4 is 28.1 Å². The zero-order valence-corrected chi connectivity index (χ0v) is 14.9. The second kappa shape index (κ2) is 6.15. The number of ether oxygens (including phenoxy) is 1. The minimum Gasteiger partial charge on any atom is -0.503 e. The van der Waals surface area contributed by atoms with Crippen molar-refractivity contribution in [3.8, 4) is 11.5 Å². The van der Waals surface area contributed by atoms with Gasteiger partial charge in [-0.1, -0.05) is 19.8 Å². The van der Waals surface area contributed by atoms with E-state index in [9.17, 15) is 9.90 Å². The molecule has 2 N–H and O–H groups in total. The van der Waals surface area contributed by atoms with E-state index in [4.69, 9.17) is 4.74 Å². The molecule has 6 heteroatoms. The predicted octanol–water partition coefficient (Wildman–Crippen LogP) is 3.44. The third-order valence-electron chi connectivity index (χ3n) is 5.27. The van der Waals surface area contributed by atoms with Crippen LogP contribution < -0.4 is 10.2 Å². The molecule has 0 heterocycles. The van der Waals surface area contributed by atoms with Gasteiger partial charge in [0.1, 0.15) is 0 Å². The van der Waals surface area contributed by atoms with Gasteiger partial charge in [-0.2, -0.15) is 5.10 Å². The highest BCUT2D eigenvalue weighted by Gasteiger charge is 2.64. The molecule has 0 radical (unpaired) electrons. The van der Waals surface area contributed by atoms with Crippen LogP contribution in [0.2, 0.25) is 0 Å². The van der Waals surface area contributed by atoms with E-state index in [-0.39, 0.29) is 23.0 Å². The third-order valence-corrected chi connectivity index (χ3v) is 5.88. The number of rotatable bonds is 4. The van der Waals surface area contributed by atoms with Crippen LogP contribution in [0.15, 0.2) is 21.7 Å². The summed E-state index contributed by atoms with van der Waals surface area (Å²) in [6.07, 6.45) is 6.30. The summed E-state index contributed by atoms with van der Waals surface area (Å²) in [4.78, 5) is 12.3. The van der Waals surface area contributed by atoms with Crippen molar-refractivity contribution in [2.75, 3.05) is 7.11 Å². The normalized spacial score (nSPS) is 29.2. The first-order valence-electron chi connectivity index (χ1n) is 7.87. The van der Waals surface area contributed by atoms with E-state index in [1.165, 1.54) is 20.0 Å². The first-order chi connectivity index (χ1) is 11.0. The number of phenolic OH excluding ortho intramolecular Hbond substituents is 1. The number of nitrogens with one attached hydrogen (secondary N) is 1. The van der Waals surface area contributed by atoms with Crippen molar-refractivity contribution in [1.29, 1.82) is 0 Å². The summed E-state index contributed by atoms with van der Waals surface area (Å²) in [6, 6.07) is 3.37. The van der Waals surface area contributed by atoms with Crippen molar-refractivity contribution in [2.24, 2.45) is 22.4 Å². The molecule has 1 aromatic rings. The number of aromatic hydroxyl groups is 1. The summed E-state index contributed by atoms with van der Waals surface area (Å²) in [5.41, 5.74) is 3.57. The van der Waals surface area contributed by atoms with Crippen LogP contribution in [0, 0.1) is 17.3 Å². The van der Waals surface area contributed by atoms with Crippen LogP contribution in [0.25, 0.3) is 0 Å². The van der Waals surface area contributed by atoms with Crippen LogP contribution in [0.1, 0.15) is 38.2 Å². The first kappa shape index (κ1) is 16.3. The largest absolute Gasteiger partial charge is 0.503 e. The topological polar surface area (TPSA) is 70.9 Å². The lowest BCUT2D eigenvalue weighted by Crippen LogP contribution is -2.22. The lowest BCUT2D eigenvalue weighted by atomic mass is 9.90. The summed E-state index contributed by atoms with van der Waals surface area (Å²) < 4.78 is 5.61. The van der Waals surface area contributed by atoms with E-state index in [0.717, 1.165) is 18.4 Å². The van der Waals surface area contributed by atoms with Crippen molar-refractivity contribution in [3.05, 3.63) is 22.2 Å². The Morgan fingerprint density at radius 2 is 2.30 bits per heavy atom.